The second-order valence-corrected chi connectivity index (χ2v) is 8.50. The van der Waals surface area contributed by atoms with E-state index in [-0.39, 0.29) is 29.9 Å². The van der Waals surface area contributed by atoms with Crippen LogP contribution in [0.5, 0.6) is 5.75 Å². The Labute approximate surface area is 194 Å². The van der Waals surface area contributed by atoms with Gasteiger partial charge in [-0.2, -0.15) is 0 Å². The molecule has 0 bridgehead atoms. The maximum Gasteiger partial charge on any atom is 0.270 e. The first-order valence-electron chi connectivity index (χ1n) is 10.6. The molecule has 0 saturated carbocycles. The molecule has 0 spiro atoms. The van der Waals surface area contributed by atoms with Gasteiger partial charge in [-0.25, -0.2) is 4.39 Å². The summed E-state index contributed by atoms with van der Waals surface area (Å²) in [6, 6.07) is 7.33. The number of nitrogens with one attached hydrogen (secondary N) is 1. The zero-order valence-electron chi connectivity index (χ0n) is 18.0. The fraction of sp³-hybridized carbons (Fsp3) is 0.304. The number of rotatable bonds is 10. The highest BCUT2D eigenvalue weighted by Gasteiger charge is 2.22. The molecule has 0 atom stereocenters. The molecule has 10 heteroatoms. The highest BCUT2D eigenvalue weighted by Crippen LogP contribution is 2.21. The molecule has 1 aliphatic rings. The number of aromatic nitrogens is 4. The van der Waals surface area contributed by atoms with Gasteiger partial charge in [0.25, 0.3) is 5.91 Å². The van der Waals surface area contributed by atoms with Gasteiger partial charge in [-0.05, 0) is 43.2 Å². The number of amides is 1. The topological polar surface area (TPSA) is 93.1 Å². The summed E-state index contributed by atoms with van der Waals surface area (Å²) < 4.78 is 20.5. The maximum atomic E-state index is 13.1. The molecule has 1 fully saturated rings. The first kappa shape index (κ1) is 22.8. The molecule has 0 unspecified atom stereocenters. The predicted molar refractivity (Wildman–Crippen MR) is 122 cm³/mol. The van der Waals surface area contributed by atoms with E-state index in [1.165, 1.54) is 36.0 Å². The van der Waals surface area contributed by atoms with Gasteiger partial charge in [0.05, 0.1) is 5.75 Å². The molecule has 3 aromatic rings. The summed E-state index contributed by atoms with van der Waals surface area (Å²) in [6.45, 7) is 5.86. The Kier molecular flexibility index (Phi) is 7.23. The van der Waals surface area contributed by atoms with Gasteiger partial charge >= 0.3 is 0 Å². The van der Waals surface area contributed by atoms with Crippen LogP contribution in [0.4, 0.5) is 4.39 Å². The summed E-state index contributed by atoms with van der Waals surface area (Å²) in [6.07, 6.45) is 5.30. The Hall–Kier alpha value is -3.40. The number of halogens is 1. The number of carbonyl (C=O) groups excluding carboxylic acids is 2. The Balaban J connectivity index is 1.37. The number of carbonyl (C=O) groups is 2. The Morgan fingerprint density at radius 2 is 1.97 bits per heavy atom. The molecular formula is C23H24FN5O3S. The van der Waals surface area contributed by atoms with Gasteiger partial charge in [0.1, 0.15) is 23.9 Å². The van der Waals surface area contributed by atoms with Crippen molar-refractivity contribution in [3.05, 3.63) is 72.1 Å². The van der Waals surface area contributed by atoms with Crippen molar-refractivity contribution in [2.75, 3.05) is 18.8 Å². The predicted octanol–water partition coefficient (Wildman–Crippen LogP) is 3.72. The van der Waals surface area contributed by atoms with Crippen molar-refractivity contribution < 1.29 is 18.7 Å². The van der Waals surface area contributed by atoms with Crippen molar-refractivity contribution >= 4 is 23.5 Å². The van der Waals surface area contributed by atoms with Gasteiger partial charge in [0.2, 0.25) is 0 Å². The minimum absolute atomic E-state index is 0.0734. The minimum Gasteiger partial charge on any atom is -0.486 e. The Morgan fingerprint density at radius 3 is 2.70 bits per heavy atom. The number of allylic oxidation sites excluding steroid dienone is 1. The molecule has 0 radical (unpaired) electrons. The van der Waals surface area contributed by atoms with Gasteiger partial charge in [0, 0.05) is 31.4 Å². The first-order chi connectivity index (χ1) is 16.0. The minimum atomic E-state index is -0.338. The van der Waals surface area contributed by atoms with Crippen LogP contribution in [0.1, 0.15) is 39.5 Å². The number of H-pyrrole nitrogens is 1. The van der Waals surface area contributed by atoms with Crippen LogP contribution in [0.15, 0.2) is 54.3 Å². The fourth-order valence-electron chi connectivity index (χ4n) is 3.51. The van der Waals surface area contributed by atoms with Crippen molar-refractivity contribution in [2.24, 2.45) is 0 Å². The summed E-state index contributed by atoms with van der Waals surface area (Å²) in [4.78, 5) is 29.9. The average Bonchev–Trinajstić information content (AvgIpc) is 3.59. The van der Waals surface area contributed by atoms with Gasteiger partial charge in [-0.1, -0.05) is 17.8 Å². The Bertz CT molecular complexity index is 1140. The third kappa shape index (κ3) is 5.51. The number of benzene rings is 1. The number of ketones is 1. The van der Waals surface area contributed by atoms with Crippen molar-refractivity contribution in [3.8, 4) is 5.75 Å². The largest absolute Gasteiger partial charge is 0.486 e. The molecule has 1 aliphatic heterocycles. The summed E-state index contributed by atoms with van der Waals surface area (Å²) in [5.74, 6) is 0.693. The standard InChI is InChI=1S/C23H24FN5O3S/c1-2-9-29-21(14-32-18-7-5-17(24)6-8-18)26-27-23(29)33-15-20(30)16-12-19(25-13-16)22(31)28-10-3-4-11-28/h2,5-8,12-13,25H,1,3-4,9-11,14-15H2. The lowest BCUT2D eigenvalue weighted by molar-refractivity contribution is 0.0787. The van der Waals surface area contributed by atoms with Crippen LogP contribution in [0, 0.1) is 5.82 Å². The van der Waals surface area contributed by atoms with Crippen LogP contribution in [0.25, 0.3) is 0 Å². The van der Waals surface area contributed by atoms with Gasteiger partial charge < -0.3 is 14.6 Å². The zero-order chi connectivity index (χ0) is 23.2. The highest BCUT2D eigenvalue weighted by molar-refractivity contribution is 7.99. The third-order valence-corrected chi connectivity index (χ3v) is 6.21. The number of aromatic amines is 1. The number of nitrogens with zero attached hydrogens (tertiary/aromatic N) is 4. The number of thioether (sulfide) groups is 1. The molecular weight excluding hydrogens is 445 g/mol. The van der Waals surface area contributed by atoms with Crippen molar-refractivity contribution in [1.29, 1.82) is 0 Å². The van der Waals surface area contributed by atoms with E-state index in [1.54, 1.807) is 23.2 Å². The molecule has 8 nitrogen and oxygen atoms in total. The van der Waals surface area contributed by atoms with Crippen molar-refractivity contribution in [2.45, 2.75) is 31.1 Å². The summed E-state index contributed by atoms with van der Waals surface area (Å²) in [5, 5.41) is 8.91. The second-order valence-electron chi connectivity index (χ2n) is 7.55. The molecule has 2 aromatic heterocycles. The average molecular weight is 470 g/mol. The molecule has 3 heterocycles. The van der Waals surface area contributed by atoms with Crippen molar-refractivity contribution in [1.82, 2.24) is 24.6 Å². The van der Waals surface area contributed by atoms with Gasteiger partial charge in [-0.15, -0.1) is 16.8 Å². The van der Waals surface area contributed by atoms with Gasteiger partial charge in [-0.3, -0.25) is 14.2 Å². The molecule has 1 N–H and O–H groups in total. The van der Waals surface area contributed by atoms with E-state index < -0.39 is 0 Å². The molecule has 33 heavy (non-hydrogen) atoms. The fourth-order valence-corrected chi connectivity index (χ4v) is 4.37. The van der Waals surface area contributed by atoms with E-state index >= 15 is 0 Å². The van der Waals surface area contributed by atoms with Crippen LogP contribution in [0.3, 0.4) is 0 Å². The normalized spacial score (nSPS) is 13.3. The molecule has 172 valence electrons. The van der Waals surface area contributed by atoms with Gasteiger partial charge in [0.15, 0.2) is 16.8 Å². The van der Waals surface area contributed by atoms with Crippen LogP contribution in [0.2, 0.25) is 0 Å². The lowest BCUT2D eigenvalue weighted by Gasteiger charge is -2.13. The Morgan fingerprint density at radius 1 is 1.21 bits per heavy atom. The summed E-state index contributed by atoms with van der Waals surface area (Å²) >= 11 is 1.26. The van der Waals surface area contributed by atoms with E-state index in [0.29, 0.717) is 34.5 Å². The quantitative estimate of drug-likeness (QED) is 0.276. The van der Waals surface area contributed by atoms with Crippen LogP contribution in [-0.4, -0.2) is 55.2 Å². The van der Waals surface area contributed by atoms with Crippen LogP contribution < -0.4 is 4.74 Å². The van der Waals surface area contributed by atoms with E-state index in [2.05, 4.69) is 21.8 Å². The smallest absolute Gasteiger partial charge is 0.270 e. The van der Waals surface area contributed by atoms with Crippen LogP contribution >= 0.6 is 11.8 Å². The first-order valence-corrected chi connectivity index (χ1v) is 11.6. The maximum absolute atomic E-state index is 13.1. The monoisotopic (exact) mass is 469 g/mol. The summed E-state index contributed by atoms with van der Waals surface area (Å²) in [5.41, 5.74) is 0.889. The molecule has 1 saturated heterocycles. The lowest BCUT2D eigenvalue weighted by Crippen LogP contribution is -2.27. The second kappa shape index (κ2) is 10.5. The number of hydrogen-bond acceptors (Lipinski definition) is 6. The van der Waals surface area contributed by atoms with Crippen molar-refractivity contribution in [3.63, 3.8) is 0 Å². The molecule has 1 amide bonds. The number of likely N-dealkylation sites (tertiary alicyclic amines) is 1. The highest BCUT2D eigenvalue weighted by atomic mass is 32.2. The molecule has 1 aromatic carbocycles. The number of ether oxygens (including phenoxy) is 1. The zero-order valence-corrected chi connectivity index (χ0v) is 18.8. The van der Waals surface area contributed by atoms with E-state index in [4.69, 9.17) is 4.74 Å². The third-order valence-electron chi connectivity index (χ3n) is 5.25. The van der Waals surface area contributed by atoms with E-state index in [9.17, 15) is 14.0 Å². The van der Waals surface area contributed by atoms with Crippen LogP contribution in [-0.2, 0) is 13.2 Å². The molecule has 4 rings (SSSR count). The lowest BCUT2D eigenvalue weighted by atomic mass is 10.2. The van der Waals surface area contributed by atoms with E-state index in [0.717, 1.165) is 25.9 Å². The molecule has 0 aliphatic carbocycles. The summed E-state index contributed by atoms with van der Waals surface area (Å²) in [7, 11) is 0. The van der Waals surface area contributed by atoms with E-state index in [1.807, 2.05) is 4.57 Å². The SMILES string of the molecule is C=CCn1c(COc2ccc(F)cc2)nnc1SCC(=O)c1c[nH]c(C(=O)N2CCCC2)c1. The number of Topliss-reactive ketones (excluding diaryl/α,β-unsaturated/α-hetero) is 1. The number of hydrogen-bond donors (Lipinski definition) is 1.